The number of halogens is 3. The van der Waals surface area contributed by atoms with Crippen molar-refractivity contribution in [2.24, 2.45) is 0 Å². The molecular formula is C15H35Cl3CrP3. The maximum absolute atomic E-state index is 4.93. The maximum atomic E-state index is 4.93. The Morgan fingerprint density at radius 3 is 1.05 bits per heavy atom. The Kier molecular flexibility index (Phi) is 24.5. The summed E-state index contributed by atoms with van der Waals surface area (Å²) in [4.78, 5) is 0. The second-order valence-electron chi connectivity index (χ2n) is 5.07. The van der Waals surface area contributed by atoms with E-state index in [0.29, 0.717) is 23.8 Å². The van der Waals surface area contributed by atoms with E-state index in [-0.39, 0.29) is 0 Å². The Bertz CT molecular complexity index is 197. The van der Waals surface area contributed by atoms with Crippen molar-refractivity contribution in [3.05, 3.63) is 0 Å². The van der Waals surface area contributed by atoms with Crippen LogP contribution in [0, 0.1) is 0 Å². The van der Waals surface area contributed by atoms with Crippen molar-refractivity contribution in [2.45, 2.75) is 41.0 Å². The van der Waals surface area contributed by atoms with E-state index < -0.39 is 11.4 Å². The molecule has 0 radical (unpaired) electrons. The summed E-state index contributed by atoms with van der Waals surface area (Å²) < 4.78 is 0. The number of hydrogen-bond donors (Lipinski definition) is 0. The zero-order valence-corrected chi connectivity index (χ0v) is 21.2. The Labute approximate surface area is 161 Å². The molecule has 0 saturated carbocycles. The molecule has 0 N–H and O–H groups in total. The molecule has 0 aliphatic rings. The summed E-state index contributed by atoms with van der Waals surface area (Å²) in [6, 6.07) is 0. The zero-order chi connectivity index (χ0) is 17.4. The SMILES string of the molecule is CCCP(CCP(CC)CC)CCP(CC)CC.[Cl][Cr]([Cl])[Cl]. The minimum atomic E-state index is -1.62. The summed E-state index contributed by atoms with van der Waals surface area (Å²) in [5.74, 6) is 0. The molecule has 22 heavy (non-hydrogen) atoms. The van der Waals surface area contributed by atoms with Gasteiger partial charge in [0.1, 0.15) is 0 Å². The average molecular weight is 467 g/mol. The molecule has 0 unspecified atom stereocenters. The first-order valence-corrected chi connectivity index (χ1v) is 19.3. The third kappa shape index (κ3) is 19.0. The first-order valence-electron chi connectivity index (χ1n) is 8.34. The summed E-state index contributed by atoms with van der Waals surface area (Å²) in [5, 5.41) is 0. The minimum absolute atomic E-state index is 0.384. The number of rotatable bonds is 12. The normalized spacial score (nSPS) is 11.5. The fourth-order valence-electron chi connectivity index (χ4n) is 2.30. The molecule has 0 heterocycles. The third-order valence-electron chi connectivity index (χ3n) is 3.79. The van der Waals surface area contributed by atoms with Gasteiger partial charge in [0.25, 0.3) is 0 Å². The quantitative estimate of drug-likeness (QED) is 0.256. The molecule has 0 saturated heterocycles. The Balaban J connectivity index is 0. The first-order chi connectivity index (χ1) is 10.4. The molecule has 0 aromatic rings. The topological polar surface area (TPSA) is 0 Å². The van der Waals surface area contributed by atoms with Gasteiger partial charge in [-0.2, -0.15) is 0 Å². The van der Waals surface area contributed by atoms with E-state index >= 15 is 0 Å². The van der Waals surface area contributed by atoms with Crippen molar-refractivity contribution in [1.82, 2.24) is 0 Å². The fraction of sp³-hybridized carbons (Fsp3) is 1.00. The van der Waals surface area contributed by atoms with Crippen LogP contribution in [0.1, 0.15) is 41.0 Å². The average Bonchev–Trinajstić information content (AvgIpc) is 2.48. The summed E-state index contributed by atoms with van der Waals surface area (Å²) in [7, 11) is 16.0. The molecule has 0 aromatic carbocycles. The first kappa shape index (κ1) is 26.9. The Hall–Kier alpha value is 2.69. The van der Waals surface area contributed by atoms with Gasteiger partial charge in [0.2, 0.25) is 0 Å². The summed E-state index contributed by atoms with van der Waals surface area (Å²) in [6.45, 7) is 11.9. The molecule has 0 nitrogen and oxygen atoms in total. The van der Waals surface area contributed by atoms with Crippen molar-refractivity contribution in [3.8, 4) is 0 Å². The van der Waals surface area contributed by atoms with Gasteiger partial charge in [0, 0.05) is 0 Å². The van der Waals surface area contributed by atoms with E-state index in [1.807, 2.05) is 0 Å². The van der Waals surface area contributed by atoms with Gasteiger partial charge in [-0.1, -0.05) is 41.0 Å². The van der Waals surface area contributed by atoms with Gasteiger partial charge in [-0.3, -0.25) is 0 Å². The van der Waals surface area contributed by atoms with Gasteiger partial charge in [-0.15, -0.1) is 23.8 Å². The van der Waals surface area contributed by atoms with Crippen LogP contribution in [0.25, 0.3) is 0 Å². The van der Waals surface area contributed by atoms with E-state index in [1.165, 1.54) is 31.1 Å². The molecule has 0 fully saturated rings. The van der Waals surface area contributed by atoms with E-state index in [2.05, 4.69) is 34.6 Å². The van der Waals surface area contributed by atoms with Gasteiger partial charge < -0.3 is 0 Å². The molecule has 0 aliphatic carbocycles. The van der Waals surface area contributed by atoms with Crippen LogP contribution in [0.2, 0.25) is 0 Å². The predicted octanol–water partition coefficient (Wildman–Crippen LogP) is 7.99. The fourth-order valence-corrected chi connectivity index (χ4v) is 10.3. The van der Waals surface area contributed by atoms with Crippen molar-refractivity contribution in [1.29, 1.82) is 0 Å². The molecule has 0 aliphatic heterocycles. The predicted molar refractivity (Wildman–Crippen MR) is 115 cm³/mol. The van der Waals surface area contributed by atoms with E-state index in [1.54, 1.807) is 30.8 Å². The molecule has 0 amide bonds. The standard InChI is InChI=1S/C15H35P3.3ClH.Cr/c1-6-11-18(14-12-16(7-2)8-3)15-13-17(9-4)10-5;;;;/h6-15H2,1-5H3;3*1H;/q;;;;+3/p-3. The van der Waals surface area contributed by atoms with Gasteiger partial charge in [-0.25, -0.2) is 0 Å². The van der Waals surface area contributed by atoms with Gasteiger partial charge in [-0.05, 0) is 55.5 Å². The number of hydrogen-bond acceptors (Lipinski definition) is 0. The van der Waals surface area contributed by atoms with Crippen LogP contribution in [0.3, 0.4) is 0 Å². The van der Waals surface area contributed by atoms with E-state index in [9.17, 15) is 0 Å². The van der Waals surface area contributed by atoms with Crippen LogP contribution in [0.5, 0.6) is 0 Å². The molecule has 0 spiro atoms. The molecule has 0 rings (SSSR count). The van der Waals surface area contributed by atoms with Crippen LogP contribution in [-0.2, 0) is 11.4 Å². The van der Waals surface area contributed by atoms with Crippen LogP contribution in [0.4, 0.5) is 0 Å². The molecule has 0 bridgehead atoms. The van der Waals surface area contributed by atoms with E-state index in [0.717, 1.165) is 0 Å². The van der Waals surface area contributed by atoms with Crippen LogP contribution >= 0.6 is 53.9 Å². The van der Waals surface area contributed by atoms with Gasteiger partial charge in [0.05, 0.1) is 0 Å². The molecule has 137 valence electrons. The molecule has 7 heteroatoms. The molecule has 0 atom stereocenters. The summed E-state index contributed by atoms with van der Waals surface area (Å²) in [6.07, 6.45) is 15.1. The van der Waals surface area contributed by atoms with Crippen LogP contribution in [0.15, 0.2) is 0 Å². The summed E-state index contributed by atoms with van der Waals surface area (Å²) >= 11 is -1.62. The second-order valence-corrected chi connectivity index (χ2v) is 20.2. The van der Waals surface area contributed by atoms with Crippen molar-refractivity contribution in [3.63, 3.8) is 0 Å². The van der Waals surface area contributed by atoms with Crippen LogP contribution in [-0.4, -0.2) is 55.5 Å². The Morgan fingerprint density at radius 2 is 0.818 bits per heavy atom. The second kappa shape index (κ2) is 20.0. The monoisotopic (exact) mass is 465 g/mol. The molecular weight excluding hydrogens is 431 g/mol. The van der Waals surface area contributed by atoms with Crippen LogP contribution < -0.4 is 0 Å². The van der Waals surface area contributed by atoms with Gasteiger partial charge >= 0.3 is 41.5 Å². The van der Waals surface area contributed by atoms with Crippen molar-refractivity contribution >= 4 is 53.9 Å². The zero-order valence-electron chi connectivity index (χ0n) is 15.0. The Morgan fingerprint density at radius 1 is 0.545 bits per heavy atom. The summed E-state index contributed by atoms with van der Waals surface area (Å²) in [5.41, 5.74) is 0. The van der Waals surface area contributed by atoms with Crippen molar-refractivity contribution in [2.75, 3.05) is 55.5 Å². The van der Waals surface area contributed by atoms with E-state index in [4.69, 9.17) is 30.1 Å². The third-order valence-corrected chi connectivity index (χ3v) is 12.6. The van der Waals surface area contributed by atoms with Gasteiger partial charge in [0.15, 0.2) is 0 Å². The molecule has 0 aromatic heterocycles. The van der Waals surface area contributed by atoms with Crippen molar-refractivity contribution < 1.29 is 11.4 Å².